The summed E-state index contributed by atoms with van der Waals surface area (Å²) in [5.41, 5.74) is 1.04. The van der Waals surface area contributed by atoms with E-state index in [4.69, 9.17) is 4.74 Å². The second-order valence-corrected chi connectivity index (χ2v) is 6.95. The highest BCUT2D eigenvalue weighted by Crippen LogP contribution is 2.31. The molecule has 0 saturated heterocycles. The van der Waals surface area contributed by atoms with Crippen molar-refractivity contribution < 1.29 is 22.7 Å². The van der Waals surface area contributed by atoms with E-state index in [-0.39, 0.29) is 5.69 Å². The second kappa shape index (κ2) is 10.1. The summed E-state index contributed by atoms with van der Waals surface area (Å²) in [4.78, 5) is 18.2. The first-order valence-corrected chi connectivity index (χ1v) is 9.67. The van der Waals surface area contributed by atoms with Gasteiger partial charge in [0.15, 0.2) is 11.9 Å². The largest absolute Gasteiger partial charge is 0.435 e. The summed E-state index contributed by atoms with van der Waals surface area (Å²) in [6.07, 6.45) is 1.41. The van der Waals surface area contributed by atoms with Gasteiger partial charge in [-0.1, -0.05) is 6.07 Å². The number of anilines is 2. The number of nitrogens with zero attached hydrogens (tertiary/aromatic N) is 5. The van der Waals surface area contributed by atoms with Gasteiger partial charge in [-0.05, 0) is 42.3 Å². The Hall–Kier alpha value is -4.04. The van der Waals surface area contributed by atoms with Gasteiger partial charge in [0.05, 0.1) is 36.8 Å². The summed E-state index contributed by atoms with van der Waals surface area (Å²) in [5.74, 6) is -0.964. The van der Waals surface area contributed by atoms with Crippen LogP contribution in [0, 0.1) is 18.4 Å². The monoisotopic (exact) mass is 456 g/mol. The van der Waals surface area contributed by atoms with Crippen molar-refractivity contribution in [2.75, 3.05) is 30.5 Å². The maximum absolute atomic E-state index is 13.2. The smallest absolute Gasteiger partial charge is 0.383 e. The SMILES string of the molecule is COCCN(C#N)c1cncc(-c2cc(NC(=O)c3ccnnc3C(F)(F)F)ccc2C)c1. The Kier molecular flexibility index (Phi) is 7.20. The number of aryl methyl sites for hydroxylation is 1. The fourth-order valence-corrected chi connectivity index (χ4v) is 3.08. The number of hydrogen-bond acceptors (Lipinski definition) is 7. The quantitative estimate of drug-likeness (QED) is 0.422. The molecule has 2 heterocycles. The molecule has 170 valence electrons. The fraction of sp³-hybridized carbons (Fsp3) is 0.227. The molecule has 0 atom stereocenters. The third-order valence-electron chi connectivity index (χ3n) is 4.72. The van der Waals surface area contributed by atoms with Gasteiger partial charge in [0, 0.05) is 24.6 Å². The molecule has 0 aliphatic heterocycles. The zero-order valence-corrected chi connectivity index (χ0v) is 17.7. The zero-order chi connectivity index (χ0) is 24.0. The molecule has 0 spiro atoms. The van der Waals surface area contributed by atoms with Gasteiger partial charge < -0.3 is 10.1 Å². The number of hydrogen-bond donors (Lipinski definition) is 1. The minimum absolute atomic E-state index is 0.285. The van der Waals surface area contributed by atoms with Crippen LogP contribution < -0.4 is 10.2 Å². The molecule has 33 heavy (non-hydrogen) atoms. The van der Waals surface area contributed by atoms with E-state index >= 15 is 0 Å². The number of benzene rings is 1. The number of carbonyl (C=O) groups excluding carboxylic acids is 1. The molecule has 0 saturated carbocycles. The van der Waals surface area contributed by atoms with Gasteiger partial charge in [-0.3, -0.25) is 14.7 Å². The Bertz CT molecular complexity index is 1190. The molecule has 1 aromatic carbocycles. The van der Waals surface area contributed by atoms with E-state index < -0.39 is 23.3 Å². The normalized spacial score (nSPS) is 11.0. The molecule has 8 nitrogen and oxygen atoms in total. The zero-order valence-electron chi connectivity index (χ0n) is 17.7. The molecule has 2 aromatic heterocycles. The van der Waals surface area contributed by atoms with Crippen LogP contribution in [0.15, 0.2) is 48.9 Å². The highest BCUT2D eigenvalue weighted by atomic mass is 19.4. The Balaban J connectivity index is 1.91. The van der Waals surface area contributed by atoms with Crippen LogP contribution in [0.5, 0.6) is 0 Å². The van der Waals surface area contributed by atoms with Crippen LogP contribution in [0.4, 0.5) is 24.5 Å². The molecule has 3 rings (SSSR count). The number of alkyl halides is 3. The van der Waals surface area contributed by atoms with E-state index in [1.165, 1.54) is 12.0 Å². The predicted octanol–water partition coefficient (Wildman–Crippen LogP) is 4.05. The number of nitriles is 1. The molecular weight excluding hydrogens is 437 g/mol. The number of carbonyl (C=O) groups is 1. The van der Waals surface area contributed by atoms with Crippen molar-refractivity contribution in [1.82, 2.24) is 15.2 Å². The lowest BCUT2D eigenvalue weighted by Gasteiger charge is -2.16. The number of halogens is 3. The Morgan fingerprint density at radius 2 is 2.03 bits per heavy atom. The van der Waals surface area contributed by atoms with Crippen LogP contribution in [0.2, 0.25) is 0 Å². The maximum atomic E-state index is 13.2. The van der Waals surface area contributed by atoms with Gasteiger partial charge in [0.1, 0.15) is 0 Å². The molecule has 0 fully saturated rings. The first-order valence-electron chi connectivity index (χ1n) is 9.67. The first-order chi connectivity index (χ1) is 15.7. The standard InChI is InChI=1S/C22H19F3N6O2/c1-14-3-4-16(29-21(32)18-5-6-28-30-20(18)22(23,24)25)10-19(14)15-9-17(12-27-11-15)31(13-26)7-8-33-2/h3-6,9-12H,7-8H2,1-2H3,(H,29,32). The topological polar surface area (TPSA) is 104 Å². The lowest BCUT2D eigenvalue weighted by molar-refractivity contribution is -0.142. The van der Waals surface area contributed by atoms with Crippen LogP contribution in [-0.4, -0.2) is 41.3 Å². The lowest BCUT2D eigenvalue weighted by atomic mass is 10.0. The van der Waals surface area contributed by atoms with Crippen LogP contribution in [0.1, 0.15) is 21.6 Å². The van der Waals surface area contributed by atoms with E-state index in [1.807, 2.05) is 6.92 Å². The number of amides is 1. The highest BCUT2D eigenvalue weighted by Gasteiger charge is 2.37. The van der Waals surface area contributed by atoms with Crippen LogP contribution in [0.3, 0.4) is 0 Å². The lowest BCUT2D eigenvalue weighted by Crippen LogP contribution is -2.21. The van der Waals surface area contributed by atoms with Gasteiger partial charge in [-0.15, -0.1) is 5.10 Å². The molecular formula is C22H19F3N6O2. The first kappa shape index (κ1) is 23.6. The number of aromatic nitrogens is 3. The number of nitrogens with one attached hydrogen (secondary N) is 1. The molecule has 0 unspecified atom stereocenters. The second-order valence-electron chi connectivity index (χ2n) is 6.95. The van der Waals surface area contributed by atoms with Gasteiger partial charge in [-0.2, -0.15) is 23.5 Å². The van der Waals surface area contributed by atoms with E-state index in [1.54, 1.807) is 36.7 Å². The number of rotatable bonds is 7. The third-order valence-corrected chi connectivity index (χ3v) is 4.72. The van der Waals surface area contributed by atoms with Crippen molar-refractivity contribution >= 4 is 17.3 Å². The minimum Gasteiger partial charge on any atom is -0.383 e. The van der Waals surface area contributed by atoms with Crippen LogP contribution in [0.25, 0.3) is 11.1 Å². The van der Waals surface area contributed by atoms with Gasteiger partial charge in [0.2, 0.25) is 0 Å². The van der Waals surface area contributed by atoms with Crippen molar-refractivity contribution in [2.24, 2.45) is 0 Å². The number of ether oxygens (including phenoxy) is 1. The Labute approximate surface area is 187 Å². The molecule has 0 radical (unpaired) electrons. The van der Waals surface area contributed by atoms with Crippen LogP contribution in [-0.2, 0) is 10.9 Å². The van der Waals surface area contributed by atoms with Gasteiger partial charge in [-0.25, -0.2) is 0 Å². The fourth-order valence-electron chi connectivity index (χ4n) is 3.08. The highest BCUT2D eigenvalue weighted by molar-refractivity contribution is 6.05. The number of methoxy groups -OCH3 is 1. The maximum Gasteiger partial charge on any atom is 0.435 e. The average molecular weight is 456 g/mol. The summed E-state index contributed by atoms with van der Waals surface area (Å²) >= 11 is 0. The summed E-state index contributed by atoms with van der Waals surface area (Å²) in [7, 11) is 1.53. The van der Waals surface area contributed by atoms with Gasteiger partial charge >= 0.3 is 6.18 Å². The van der Waals surface area contributed by atoms with Crippen molar-refractivity contribution in [2.45, 2.75) is 13.1 Å². The molecule has 1 amide bonds. The minimum atomic E-state index is -4.82. The van der Waals surface area contributed by atoms with E-state index in [2.05, 4.69) is 26.7 Å². The van der Waals surface area contributed by atoms with Crippen molar-refractivity contribution in [3.8, 4) is 17.3 Å². The summed E-state index contributed by atoms with van der Waals surface area (Å²) in [6, 6.07) is 7.65. The van der Waals surface area contributed by atoms with E-state index in [0.717, 1.165) is 17.8 Å². The molecule has 3 aromatic rings. The average Bonchev–Trinajstić information content (AvgIpc) is 2.80. The molecule has 1 N–H and O–H groups in total. The van der Waals surface area contributed by atoms with Crippen molar-refractivity contribution in [1.29, 1.82) is 5.26 Å². The van der Waals surface area contributed by atoms with E-state index in [0.29, 0.717) is 30.0 Å². The summed E-state index contributed by atoms with van der Waals surface area (Å²) in [5, 5.41) is 18.2. The molecule has 0 bridgehead atoms. The molecule has 0 aliphatic rings. The van der Waals surface area contributed by atoms with Gasteiger partial charge in [0.25, 0.3) is 5.91 Å². The van der Waals surface area contributed by atoms with Crippen LogP contribution >= 0.6 is 0 Å². The summed E-state index contributed by atoms with van der Waals surface area (Å²) < 4.78 is 44.5. The van der Waals surface area contributed by atoms with E-state index in [9.17, 15) is 23.2 Å². The Morgan fingerprint density at radius 3 is 2.73 bits per heavy atom. The molecule has 11 heteroatoms. The third kappa shape index (κ3) is 5.61. The predicted molar refractivity (Wildman–Crippen MR) is 114 cm³/mol. The molecule has 0 aliphatic carbocycles. The summed E-state index contributed by atoms with van der Waals surface area (Å²) in [6.45, 7) is 2.53. The number of pyridine rings is 1. The van der Waals surface area contributed by atoms with Crippen molar-refractivity contribution in [3.63, 3.8) is 0 Å². The van der Waals surface area contributed by atoms with Crippen molar-refractivity contribution in [3.05, 3.63) is 65.7 Å². The Morgan fingerprint density at radius 1 is 1.24 bits per heavy atom.